The number of aliphatic hydroxyl groups is 1. The van der Waals surface area contributed by atoms with Crippen LogP contribution in [0.15, 0.2) is 115 Å². The summed E-state index contributed by atoms with van der Waals surface area (Å²) in [4.78, 5) is 108. The number of hydrogen-bond acceptors (Lipinski definition) is 16. The number of carbonyl (C=O) groups is 7. The molecule has 2 N–H and O–H groups in total. The van der Waals surface area contributed by atoms with E-state index in [4.69, 9.17) is 33.2 Å². The smallest absolute Gasteiger partial charge is 0.329 e. The second-order valence-electron chi connectivity index (χ2n) is 20.0. The number of anilines is 1. The number of imide groups is 1. The van der Waals surface area contributed by atoms with Crippen LogP contribution in [0.4, 0.5) is 10.5 Å². The third-order valence-electron chi connectivity index (χ3n) is 15.4. The Labute approximate surface area is 462 Å². The average molecular weight is 1090 g/mol. The summed E-state index contributed by atoms with van der Waals surface area (Å²) in [5.41, 5.74) is 1.18. The van der Waals surface area contributed by atoms with Gasteiger partial charge in [-0.3, -0.25) is 28.9 Å². The molecule has 4 amide bonds. The van der Waals surface area contributed by atoms with Crippen LogP contribution in [0.25, 0.3) is 0 Å². The van der Waals surface area contributed by atoms with E-state index in [0.717, 1.165) is 30.2 Å². The van der Waals surface area contributed by atoms with Crippen molar-refractivity contribution >= 4 is 47.4 Å². The minimum absolute atomic E-state index is 0.00566. The van der Waals surface area contributed by atoms with Gasteiger partial charge in [0.1, 0.15) is 36.0 Å². The van der Waals surface area contributed by atoms with Gasteiger partial charge in [-0.25, -0.2) is 14.5 Å². The molecule has 0 saturated carbocycles. The maximum atomic E-state index is 17.1. The Hall–Kier alpha value is -8.73. The number of benzene rings is 5. The molecule has 4 aliphatic heterocycles. The van der Waals surface area contributed by atoms with E-state index in [1.165, 1.54) is 33.5 Å². The van der Waals surface area contributed by atoms with Crippen LogP contribution in [-0.2, 0) is 66.1 Å². The van der Waals surface area contributed by atoms with E-state index in [1.54, 1.807) is 55.1 Å². The number of morpholine rings is 1. The van der Waals surface area contributed by atoms with E-state index in [-0.39, 0.29) is 48.7 Å². The normalized spacial score (nSPS) is 21.3. The second-order valence-corrected chi connectivity index (χ2v) is 20.0. The van der Waals surface area contributed by atoms with Gasteiger partial charge in [-0.05, 0) is 76.6 Å². The highest BCUT2D eigenvalue weighted by Gasteiger charge is 2.76. The largest absolute Gasteiger partial charge is 0.493 e. The number of amides is 4. The van der Waals surface area contributed by atoms with Crippen LogP contribution < -0.4 is 24.4 Å². The third-order valence-corrected chi connectivity index (χ3v) is 15.4. The van der Waals surface area contributed by atoms with Crippen LogP contribution in [0.1, 0.15) is 77.4 Å². The van der Waals surface area contributed by atoms with Crippen LogP contribution in [0.5, 0.6) is 17.2 Å². The predicted octanol–water partition coefficient (Wildman–Crippen LogP) is 5.94. The number of methoxy groups -OCH3 is 5. The Bertz CT molecular complexity index is 3250. The predicted molar refractivity (Wildman–Crippen MR) is 288 cm³/mol. The van der Waals surface area contributed by atoms with Crippen molar-refractivity contribution in [3.63, 3.8) is 0 Å². The Morgan fingerprint density at radius 1 is 0.750 bits per heavy atom. The molecule has 416 valence electrons. The number of ether oxygens (including phenoxy) is 7. The maximum absolute atomic E-state index is 17.1. The molecular formula is C61H62N4O15. The van der Waals surface area contributed by atoms with Gasteiger partial charge in [0.05, 0.1) is 65.8 Å². The number of para-hydroxylation sites is 1. The van der Waals surface area contributed by atoms with E-state index >= 15 is 19.2 Å². The fourth-order valence-corrected chi connectivity index (χ4v) is 11.8. The molecule has 2 fully saturated rings. The lowest BCUT2D eigenvalue weighted by molar-refractivity contribution is -0.179. The number of rotatable bonds is 15. The van der Waals surface area contributed by atoms with Crippen LogP contribution in [0, 0.1) is 29.6 Å². The topological polar surface area (TPSA) is 226 Å². The maximum Gasteiger partial charge on any atom is 0.329 e. The fraction of sp³-hybridized carbons (Fsp3) is 0.361. The summed E-state index contributed by atoms with van der Waals surface area (Å²) in [6, 6.07) is 27.2. The standard InChI is InChI=1S/C61H62N4O15/c1-35(2)49(57(70)78-7)62-60(73)64-44-26-25-36(17-16-23-42(55(68)76-5)56(69)77-6)31-43(44)61(59(64)72)48(54(67)63-28-27-39-32-46(74-3)47(75-4)33-40(39)34-63)51-58(71)80-52(38-20-12-9-13-21-38)50(37-18-10-8-11-19-37)65(51)53(61)41-22-14-15-24-45(41)79-30-29-66/h8-15,18-22,24-26,31-33,35,42,48-53,66H,23,27-30,34H2,1-7H3,(H,62,73)/t48-,49+,50-,51-,52+,53+,61-/m1/s1. The van der Waals surface area contributed by atoms with Gasteiger partial charge in [-0.1, -0.05) is 105 Å². The number of aliphatic hydroxyl groups excluding tert-OH is 1. The van der Waals surface area contributed by atoms with Crippen molar-refractivity contribution in [1.82, 2.24) is 15.1 Å². The van der Waals surface area contributed by atoms with Crippen molar-refractivity contribution in [2.45, 2.75) is 68.9 Å². The summed E-state index contributed by atoms with van der Waals surface area (Å²) in [6.45, 7) is 2.93. The second kappa shape index (κ2) is 23.7. The van der Waals surface area contributed by atoms with Crippen LogP contribution in [-0.4, -0.2) is 124 Å². The molecule has 0 radical (unpaired) electrons. The lowest BCUT2D eigenvalue weighted by atomic mass is 9.64. The van der Waals surface area contributed by atoms with Gasteiger partial charge in [0.25, 0.3) is 0 Å². The van der Waals surface area contributed by atoms with Crippen LogP contribution in [0.2, 0.25) is 0 Å². The summed E-state index contributed by atoms with van der Waals surface area (Å²) in [5.74, 6) is -1.56. The molecule has 0 aromatic heterocycles. The lowest BCUT2D eigenvalue weighted by Gasteiger charge is -2.46. The molecule has 0 aliphatic carbocycles. The number of esters is 4. The van der Waals surface area contributed by atoms with Gasteiger partial charge >= 0.3 is 29.9 Å². The molecule has 19 heteroatoms. The molecule has 5 aromatic rings. The molecule has 0 bridgehead atoms. The van der Waals surface area contributed by atoms with E-state index < -0.39 is 102 Å². The highest BCUT2D eigenvalue weighted by molar-refractivity contribution is 6.25. The number of nitrogens with zero attached hydrogens (tertiary/aromatic N) is 3. The number of carbonyl (C=O) groups excluding carboxylic acids is 7. The third kappa shape index (κ3) is 9.93. The minimum Gasteiger partial charge on any atom is -0.493 e. The highest BCUT2D eigenvalue weighted by Crippen LogP contribution is 2.67. The summed E-state index contributed by atoms with van der Waals surface area (Å²) >= 11 is 0. The molecule has 4 aliphatic rings. The zero-order chi connectivity index (χ0) is 57.0. The molecular weight excluding hydrogens is 1030 g/mol. The first-order valence-electron chi connectivity index (χ1n) is 26.1. The number of urea groups is 1. The molecule has 4 heterocycles. The van der Waals surface area contributed by atoms with Crippen molar-refractivity contribution in [3.05, 3.63) is 154 Å². The first-order valence-corrected chi connectivity index (χ1v) is 26.1. The molecule has 0 unspecified atom stereocenters. The molecule has 7 atom stereocenters. The van der Waals surface area contributed by atoms with Crippen LogP contribution in [0.3, 0.4) is 0 Å². The lowest BCUT2D eigenvalue weighted by Crippen LogP contribution is -2.58. The zero-order valence-corrected chi connectivity index (χ0v) is 45.3. The van der Waals surface area contributed by atoms with Gasteiger partial charge < -0.3 is 48.5 Å². The number of cyclic esters (lactones) is 1. The molecule has 1 spiro atoms. The Balaban J connectivity index is 1.37. The SMILES string of the molecule is COC(=O)C(CC#Cc1ccc2c(c1)[C@]1(C(=O)N2C(=O)N[C@H](C(=O)OC)C(C)C)[C@H](c2ccccc2OCCO)N2[C@H](c3ccccc3)[C@H](c3ccccc3)OC(=O)[C@H]2[C@@H]1C(=O)N1CCc2cc(OC)c(OC)cc2C1)C(=O)OC. The molecule has 19 nitrogen and oxygen atoms in total. The van der Waals surface area contributed by atoms with Crippen molar-refractivity contribution in [3.8, 4) is 29.1 Å². The molecule has 80 heavy (non-hydrogen) atoms. The van der Waals surface area contributed by atoms with Gasteiger partial charge in [0.15, 0.2) is 17.4 Å². The molecule has 5 aromatic carbocycles. The van der Waals surface area contributed by atoms with Gasteiger partial charge in [-0.15, -0.1) is 0 Å². The number of fused-ring (bicyclic) bond motifs is 4. The van der Waals surface area contributed by atoms with E-state index in [2.05, 4.69) is 17.2 Å². The number of hydrogen-bond donors (Lipinski definition) is 2. The van der Waals surface area contributed by atoms with Crippen molar-refractivity contribution in [1.29, 1.82) is 0 Å². The van der Waals surface area contributed by atoms with Gasteiger partial charge in [0.2, 0.25) is 11.8 Å². The first kappa shape index (κ1) is 56.0. The summed E-state index contributed by atoms with van der Waals surface area (Å²) in [6.07, 6.45) is -1.06. The van der Waals surface area contributed by atoms with E-state index in [1.807, 2.05) is 71.6 Å². The monoisotopic (exact) mass is 1090 g/mol. The summed E-state index contributed by atoms with van der Waals surface area (Å²) in [7, 11) is 6.48. The van der Waals surface area contributed by atoms with Crippen molar-refractivity contribution in [2.24, 2.45) is 17.8 Å². The van der Waals surface area contributed by atoms with Crippen molar-refractivity contribution < 1.29 is 71.8 Å². The van der Waals surface area contributed by atoms with E-state index in [9.17, 15) is 19.5 Å². The minimum atomic E-state index is -2.31. The molecule has 9 rings (SSSR count). The number of nitrogens with one attached hydrogen (secondary N) is 1. The average Bonchev–Trinajstić information content (AvgIpc) is 3.18. The zero-order valence-electron chi connectivity index (χ0n) is 45.3. The quantitative estimate of drug-likeness (QED) is 0.0536. The Kier molecular flexibility index (Phi) is 16.6. The first-order chi connectivity index (χ1) is 38.7. The van der Waals surface area contributed by atoms with Gasteiger partial charge in [0, 0.05) is 30.6 Å². The highest BCUT2D eigenvalue weighted by atomic mass is 16.6. The van der Waals surface area contributed by atoms with Crippen molar-refractivity contribution in [2.75, 3.05) is 60.2 Å². The van der Waals surface area contributed by atoms with E-state index in [0.29, 0.717) is 34.6 Å². The Morgan fingerprint density at radius 2 is 1.38 bits per heavy atom. The molecule has 2 saturated heterocycles. The summed E-state index contributed by atoms with van der Waals surface area (Å²) in [5, 5.41) is 13.0. The van der Waals surface area contributed by atoms with Gasteiger partial charge in [-0.2, -0.15) is 0 Å². The fourth-order valence-electron chi connectivity index (χ4n) is 11.8. The Morgan fingerprint density at radius 3 is 2.00 bits per heavy atom. The summed E-state index contributed by atoms with van der Waals surface area (Å²) < 4.78 is 39.3. The van der Waals surface area contributed by atoms with Crippen LogP contribution >= 0.6 is 0 Å².